The van der Waals surface area contributed by atoms with Crippen molar-refractivity contribution in [2.75, 3.05) is 5.32 Å². The van der Waals surface area contributed by atoms with Crippen molar-refractivity contribution in [2.24, 2.45) is 7.05 Å². The summed E-state index contributed by atoms with van der Waals surface area (Å²) in [4.78, 5) is 19.9. The normalized spacial score (nSPS) is 10.4. The van der Waals surface area contributed by atoms with Gasteiger partial charge in [0.15, 0.2) is 5.82 Å². The summed E-state index contributed by atoms with van der Waals surface area (Å²) in [6.07, 6.45) is 3.22. The van der Waals surface area contributed by atoms with Crippen LogP contribution in [0.25, 0.3) is 0 Å². The molecule has 2 aromatic heterocycles. The highest BCUT2D eigenvalue weighted by Gasteiger charge is 2.03. The average molecular weight is 236 g/mol. The number of rotatable bonds is 3. The molecule has 2 heterocycles. The van der Waals surface area contributed by atoms with Gasteiger partial charge in [0.1, 0.15) is 0 Å². The Labute approximate surface area is 96.8 Å². The van der Waals surface area contributed by atoms with Crippen molar-refractivity contribution in [1.82, 2.24) is 14.5 Å². The summed E-state index contributed by atoms with van der Waals surface area (Å²) in [7, 11) is 1.70. The maximum absolute atomic E-state index is 11.6. The molecular formula is C10H12N4OS. The highest BCUT2D eigenvalue weighted by atomic mass is 32.1. The van der Waals surface area contributed by atoms with E-state index in [1.807, 2.05) is 12.3 Å². The van der Waals surface area contributed by atoms with Crippen LogP contribution in [0.1, 0.15) is 10.7 Å². The lowest BCUT2D eigenvalue weighted by Crippen LogP contribution is -2.21. The zero-order valence-corrected chi connectivity index (χ0v) is 9.91. The summed E-state index contributed by atoms with van der Waals surface area (Å²) in [5, 5.41) is 5.97. The molecular weight excluding hydrogens is 224 g/mol. The van der Waals surface area contributed by atoms with Gasteiger partial charge in [-0.15, -0.1) is 11.3 Å². The van der Waals surface area contributed by atoms with Crippen LogP contribution in [-0.4, -0.2) is 14.5 Å². The zero-order valence-electron chi connectivity index (χ0n) is 9.10. The molecule has 0 aliphatic rings. The van der Waals surface area contributed by atoms with Gasteiger partial charge in [0.25, 0.3) is 5.56 Å². The van der Waals surface area contributed by atoms with E-state index in [1.54, 1.807) is 30.8 Å². The van der Waals surface area contributed by atoms with Gasteiger partial charge < -0.3 is 9.88 Å². The van der Waals surface area contributed by atoms with Crippen molar-refractivity contribution in [1.29, 1.82) is 0 Å². The van der Waals surface area contributed by atoms with E-state index in [0.29, 0.717) is 12.4 Å². The molecule has 5 nitrogen and oxygen atoms in total. The summed E-state index contributed by atoms with van der Waals surface area (Å²) < 4.78 is 1.49. The number of aromatic nitrogens is 3. The predicted molar refractivity (Wildman–Crippen MR) is 63.7 cm³/mol. The Hall–Kier alpha value is -1.69. The van der Waals surface area contributed by atoms with Crippen LogP contribution >= 0.6 is 11.3 Å². The quantitative estimate of drug-likeness (QED) is 0.868. The molecule has 0 fully saturated rings. The molecule has 0 aliphatic carbocycles. The maximum Gasteiger partial charge on any atom is 0.293 e. The SMILES string of the molecule is Cc1nc(CNc2nccn(C)c2=O)cs1. The van der Waals surface area contributed by atoms with Crippen LogP contribution < -0.4 is 10.9 Å². The monoisotopic (exact) mass is 236 g/mol. The number of anilines is 1. The Morgan fingerprint density at radius 2 is 2.38 bits per heavy atom. The largest absolute Gasteiger partial charge is 0.360 e. The first-order valence-corrected chi connectivity index (χ1v) is 5.71. The lowest BCUT2D eigenvalue weighted by Gasteiger charge is -2.03. The third kappa shape index (κ3) is 2.27. The fourth-order valence-corrected chi connectivity index (χ4v) is 1.90. The molecule has 0 spiro atoms. The van der Waals surface area contributed by atoms with Crippen LogP contribution in [0.5, 0.6) is 0 Å². The Morgan fingerprint density at radius 1 is 1.56 bits per heavy atom. The third-order valence-corrected chi connectivity index (χ3v) is 2.94. The maximum atomic E-state index is 11.6. The number of nitrogens with one attached hydrogen (secondary N) is 1. The minimum atomic E-state index is -0.130. The molecule has 0 saturated carbocycles. The van der Waals surface area contributed by atoms with Gasteiger partial charge in [-0.2, -0.15) is 0 Å². The molecule has 1 N–H and O–H groups in total. The van der Waals surface area contributed by atoms with E-state index in [1.165, 1.54) is 4.57 Å². The fraction of sp³-hybridized carbons (Fsp3) is 0.300. The van der Waals surface area contributed by atoms with Gasteiger partial charge in [-0.25, -0.2) is 9.97 Å². The zero-order chi connectivity index (χ0) is 11.5. The summed E-state index contributed by atoms with van der Waals surface area (Å²) in [6.45, 7) is 2.48. The van der Waals surface area contributed by atoms with Crippen LogP contribution in [0.2, 0.25) is 0 Å². The van der Waals surface area contributed by atoms with Crippen LogP contribution in [0, 0.1) is 6.92 Å². The molecule has 0 amide bonds. The van der Waals surface area contributed by atoms with E-state index in [9.17, 15) is 4.79 Å². The summed E-state index contributed by atoms with van der Waals surface area (Å²) in [6, 6.07) is 0. The standard InChI is InChI=1S/C10H12N4OS/c1-7-13-8(6-16-7)5-12-9-10(15)14(2)4-3-11-9/h3-4,6H,5H2,1-2H3,(H,11,12). The second kappa shape index (κ2) is 4.44. The molecule has 0 atom stereocenters. The molecule has 0 bridgehead atoms. The second-order valence-corrected chi connectivity index (χ2v) is 4.47. The van der Waals surface area contributed by atoms with Gasteiger partial charge in [-0.05, 0) is 6.92 Å². The van der Waals surface area contributed by atoms with Crippen molar-refractivity contribution in [3.63, 3.8) is 0 Å². The van der Waals surface area contributed by atoms with Gasteiger partial charge >= 0.3 is 0 Å². The van der Waals surface area contributed by atoms with Gasteiger partial charge in [0.05, 0.1) is 17.2 Å². The van der Waals surface area contributed by atoms with Gasteiger partial charge in [0, 0.05) is 24.8 Å². The fourth-order valence-electron chi connectivity index (χ4n) is 1.28. The van der Waals surface area contributed by atoms with Gasteiger partial charge in [0.2, 0.25) is 0 Å². The van der Waals surface area contributed by atoms with Crippen molar-refractivity contribution in [3.05, 3.63) is 38.8 Å². The first kappa shape index (κ1) is 10.8. The molecule has 16 heavy (non-hydrogen) atoms. The molecule has 0 aliphatic heterocycles. The van der Waals surface area contributed by atoms with E-state index in [0.717, 1.165) is 10.7 Å². The minimum absolute atomic E-state index is 0.130. The molecule has 0 saturated heterocycles. The molecule has 2 rings (SSSR count). The molecule has 84 valence electrons. The summed E-state index contributed by atoms with van der Waals surface area (Å²) >= 11 is 1.59. The summed E-state index contributed by atoms with van der Waals surface area (Å²) in [5.74, 6) is 0.357. The van der Waals surface area contributed by atoms with Crippen molar-refractivity contribution in [3.8, 4) is 0 Å². The first-order chi connectivity index (χ1) is 7.66. The van der Waals surface area contributed by atoms with Gasteiger partial charge in [-0.3, -0.25) is 4.79 Å². The van der Waals surface area contributed by atoms with E-state index in [4.69, 9.17) is 0 Å². The Balaban J connectivity index is 2.11. The number of thiazole rings is 1. The van der Waals surface area contributed by atoms with Crippen molar-refractivity contribution < 1.29 is 0 Å². The van der Waals surface area contributed by atoms with E-state index in [2.05, 4.69) is 15.3 Å². The minimum Gasteiger partial charge on any atom is -0.360 e. The highest BCUT2D eigenvalue weighted by Crippen LogP contribution is 2.08. The molecule has 2 aromatic rings. The molecule has 0 unspecified atom stereocenters. The third-order valence-electron chi connectivity index (χ3n) is 2.12. The van der Waals surface area contributed by atoms with Crippen LogP contribution in [0.3, 0.4) is 0 Å². The number of hydrogen-bond acceptors (Lipinski definition) is 5. The van der Waals surface area contributed by atoms with Crippen LogP contribution in [0.4, 0.5) is 5.82 Å². The Morgan fingerprint density at radius 3 is 3.06 bits per heavy atom. The second-order valence-electron chi connectivity index (χ2n) is 3.40. The molecule has 0 radical (unpaired) electrons. The average Bonchev–Trinajstić information content (AvgIpc) is 2.67. The lowest BCUT2D eigenvalue weighted by atomic mass is 10.4. The number of hydrogen-bond donors (Lipinski definition) is 1. The van der Waals surface area contributed by atoms with Crippen LogP contribution in [0.15, 0.2) is 22.6 Å². The Bertz CT molecular complexity index is 546. The first-order valence-electron chi connectivity index (χ1n) is 4.83. The van der Waals surface area contributed by atoms with E-state index < -0.39 is 0 Å². The van der Waals surface area contributed by atoms with Crippen molar-refractivity contribution in [2.45, 2.75) is 13.5 Å². The molecule has 0 aromatic carbocycles. The summed E-state index contributed by atoms with van der Waals surface area (Å²) in [5.41, 5.74) is 0.796. The number of aryl methyl sites for hydroxylation is 2. The van der Waals surface area contributed by atoms with E-state index >= 15 is 0 Å². The highest BCUT2D eigenvalue weighted by molar-refractivity contribution is 7.09. The smallest absolute Gasteiger partial charge is 0.293 e. The number of nitrogens with zero attached hydrogens (tertiary/aromatic N) is 3. The predicted octanol–water partition coefficient (Wildman–Crippen LogP) is 1.16. The van der Waals surface area contributed by atoms with Gasteiger partial charge in [-0.1, -0.05) is 0 Å². The van der Waals surface area contributed by atoms with E-state index in [-0.39, 0.29) is 5.56 Å². The van der Waals surface area contributed by atoms with Crippen molar-refractivity contribution >= 4 is 17.2 Å². The molecule has 6 heteroatoms. The van der Waals surface area contributed by atoms with Crippen LogP contribution in [-0.2, 0) is 13.6 Å². The lowest BCUT2D eigenvalue weighted by molar-refractivity contribution is 0.838. The Kier molecular flexibility index (Phi) is 3.00. The topological polar surface area (TPSA) is 59.8 Å².